The fourth-order valence-electron chi connectivity index (χ4n) is 1.42. The first kappa shape index (κ1) is 15.4. The summed E-state index contributed by atoms with van der Waals surface area (Å²) in [6.45, 7) is 2.03. The molecule has 19 heavy (non-hydrogen) atoms. The molecule has 5 nitrogen and oxygen atoms in total. The number of ether oxygens (including phenoxy) is 2. The van der Waals surface area contributed by atoms with E-state index < -0.39 is 5.97 Å². The lowest BCUT2D eigenvalue weighted by Crippen LogP contribution is -2.03. The van der Waals surface area contributed by atoms with Gasteiger partial charge < -0.3 is 9.47 Å². The lowest BCUT2D eigenvalue weighted by Gasteiger charge is -1.99. The van der Waals surface area contributed by atoms with Crippen molar-refractivity contribution in [3.8, 4) is 0 Å². The van der Waals surface area contributed by atoms with E-state index in [-0.39, 0.29) is 24.6 Å². The van der Waals surface area contributed by atoms with E-state index in [0.29, 0.717) is 22.8 Å². The minimum absolute atomic E-state index is 0.0792. The van der Waals surface area contributed by atoms with Crippen LogP contribution < -0.4 is 0 Å². The van der Waals surface area contributed by atoms with Crippen molar-refractivity contribution in [3.05, 3.63) is 21.9 Å². The molecule has 0 N–H and O–H groups in total. The van der Waals surface area contributed by atoms with E-state index in [1.165, 1.54) is 7.11 Å². The predicted octanol–water partition coefficient (Wildman–Crippen LogP) is 2.45. The van der Waals surface area contributed by atoms with Crippen molar-refractivity contribution in [3.63, 3.8) is 0 Å². The highest BCUT2D eigenvalue weighted by Crippen LogP contribution is 2.20. The van der Waals surface area contributed by atoms with Gasteiger partial charge in [0.25, 0.3) is 0 Å². The predicted molar refractivity (Wildman–Crippen MR) is 70.5 cm³/mol. The lowest BCUT2D eigenvalue weighted by atomic mass is 10.1. The van der Waals surface area contributed by atoms with Crippen LogP contribution in [-0.4, -0.2) is 31.4 Å². The molecule has 0 aliphatic carbocycles. The Labute approximate surface area is 115 Å². The number of methoxy groups -OCH3 is 1. The molecule has 1 aromatic rings. The molecule has 0 saturated carbocycles. The van der Waals surface area contributed by atoms with Gasteiger partial charge in [-0.25, -0.2) is 4.79 Å². The van der Waals surface area contributed by atoms with Gasteiger partial charge in [-0.2, -0.15) is 0 Å². The molecule has 0 bridgehead atoms. The minimum atomic E-state index is -0.416. The van der Waals surface area contributed by atoms with Crippen LogP contribution in [0.4, 0.5) is 0 Å². The molecule has 0 atom stereocenters. The largest absolute Gasteiger partial charge is 0.469 e. The molecule has 0 aliphatic rings. The first-order chi connectivity index (χ1) is 9.08. The number of rotatable bonds is 7. The molecule has 6 heteroatoms. The Balaban J connectivity index is 2.49. The molecule has 0 aromatic carbocycles. The third kappa shape index (κ3) is 4.82. The Morgan fingerprint density at radius 2 is 1.84 bits per heavy atom. The van der Waals surface area contributed by atoms with E-state index in [4.69, 9.17) is 4.74 Å². The van der Waals surface area contributed by atoms with Crippen molar-refractivity contribution < 1.29 is 23.9 Å². The smallest absolute Gasteiger partial charge is 0.348 e. The van der Waals surface area contributed by atoms with E-state index in [1.807, 2.05) is 0 Å². The maximum absolute atomic E-state index is 11.8. The third-order valence-corrected chi connectivity index (χ3v) is 3.48. The Kier molecular flexibility index (Phi) is 6.21. The number of hydrogen-bond acceptors (Lipinski definition) is 6. The summed E-state index contributed by atoms with van der Waals surface area (Å²) in [5, 5.41) is 0. The van der Waals surface area contributed by atoms with Gasteiger partial charge in [0.1, 0.15) is 4.88 Å². The second-order valence-corrected chi connectivity index (χ2v) is 4.82. The first-order valence-corrected chi connectivity index (χ1v) is 6.77. The number of esters is 2. The topological polar surface area (TPSA) is 69.7 Å². The molecular weight excluding hydrogens is 268 g/mol. The van der Waals surface area contributed by atoms with Gasteiger partial charge in [0.05, 0.1) is 18.6 Å². The van der Waals surface area contributed by atoms with Crippen molar-refractivity contribution in [2.75, 3.05) is 13.7 Å². The summed E-state index contributed by atoms with van der Waals surface area (Å²) in [5.74, 6) is -0.822. The molecule has 104 valence electrons. The molecule has 0 amide bonds. The van der Waals surface area contributed by atoms with Crippen molar-refractivity contribution in [2.45, 2.75) is 26.2 Å². The average molecular weight is 284 g/mol. The maximum Gasteiger partial charge on any atom is 0.348 e. The van der Waals surface area contributed by atoms with Gasteiger partial charge in [-0.05, 0) is 25.5 Å². The second-order valence-electron chi connectivity index (χ2n) is 3.74. The zero-order chi connectivity index (χ0) is 14.3. The number of Topliss-reactive ketones (excluding diaryl/α,β-unsaturated/α-hetero) is 1. The van der Waals surface area contributed by atoms with Crippen LogP contribution in [0.25, 0.3) is 0 Å². The number of carbonyl (C=O) groups excluding carboxylic acids is 3. The summed E-state index contributed by atoms with van der Waals surface area (Å²) in [7, 11) is 1.31. The molecule has 1 aromatic heterocycles. The molecule has 0 fully saturated rings. The number of ketones is 1. The second kappa shape index (κ2) is 7.68. The summed E-state index contributed by atoms with van der Waals surface area (Å²) >= 11 is 1.11. The van der Waals surface area contributed by atoms with Crippen LogP contribution in [0.1, 0.15) is 45.5 Å². The fraction of sp³-hybridized carbons (Fsp3) is 0.462. The van der Waals surface area contributed by atoms with Crippen LogP contribution in [0.15, 0.2) is 12.1 Å². The van der Waals surface area contributed by atoms with Gasteiger partial charge in [-0.15, -0.1) is 11.3 Å². The zero-order valence-electron chi connectivity index (χ0n) is 10.9. The number of carbonyl (C=O) groups is 3. The summed E-state index contributed by atoms with van der Waals surface area (Å²) in [6, 6.07) is 3.19. The summed E-state index contributed by atoms with van der Waals surface area (Å²) in [6.07, 6.45) is 0.925. The van der Waals surface area contributed by atoms with Crippen molar-refractivity contribution >= 4 is 29.1 Å². The monoisotopic (exact) mass is 284 g/mol. The molecule has 0 unspecified atom stereocenters. The van der Waals surface area contributed by atoms with Crippen LogP contribution in [0.5, 0.6) is 0 Å². The number of thiophene rings is 1. The van der Waals surface area contributed by atoms with Gasteiger partial charge in [-0.1, -0.05) is 0 Å². The molecule has 0 aliphatic heterocycles. The van der Waals surface area contributed by atoms with Gasteiger partial charge in [0.15, 0.2) is 5.78 Å². The maximum atomic E-state index is 11.8. The van der Waals surface area contributed by atoms with E-state index in [9.17, 15) is 14.4 Å². The average Bonchev–Trinajstić information content (AvgIpc) is 2.88. The minimum Gasteiger partial charge on any atom is -0.469 e. The summed E-state index contributed by atoms with van der Waals surface area (Å²) < 4.78 is 9.34. The molecular formula is C13H16O5S. The van der Waals surface area contributed by atoms with Crippen LogP contribution in [0.2, 0.25) is 0 Å². The Morgan fingerprint density at radius 3 is 2.47 bits per heavy atom. The van der Waals surface area contributed by atoms with Crippen LogP contribution in [0, 0.1) is 0 Å². The quantitative estimate of drug-likeness (QED) is 0.568. The Hall–Kier alpha value is -1.69. The van der Waals surface area contributed by atoms with E-state index in [1.54, 1.807) is 19.1 Å². The van der Waals surface area contributed by atoms with Crippen LogP contribution in [-0.2, 0) is 14.3 Å². The van der Waals surface area contributed by atoms with Gasteiger partial charge in [-0.3, -0.25) is 9.59 Å². The van der Waals surface area contributed by atoms with Gasteiger partial charge >= 0.3 is 11.9 Å². The van der Waals surface area contributed by atoms with Crippen molar-refractivity contribution in [1.29, 1.82) is 0 Å². The summed E-state index contributed by atoms with van der Waals surface area (Å²) in [5.41, 5.74) is 0. The number of hydrogen-bond donors (Lipinski definition) is 0. The van der Waals surface area contributed by atoms with Crippen molar-refractivity contribution in [2.24, 2.45) is 0 Å². The lowest BCUT2D eigenvalue weighted by molar-refractivity contribution is -0.140. The zero-order valence-corrected chi connectivity index (χ0v) is 11.7. The molecule has 0 radical (unpaired) electrons. The standard InChI is InChI=1S/C13H16O5S/c1-3-18-13(16)11-8-7-10(19-11)9(14)5-4-6-12(15)17-2/h7-8H,3-6H2,1-2H3. The molecule has 0 saturated heterocycles. The van der Waals surface area contributed by atoms with E-state index >= 15 is 0 Å². The van der Waals surface area contributed by atoms with Gasteiger partial charge in [0, 0.05) is 12.8 Å². The highest BCUT2D eigenvalue weighted by atomic mass is 32.1. The Morgan fingerprint density at radius 1 is 1.16 bits per heavy atom. The summed E-state index contributed by atoms with van der Waals surface area (Å²) in [4.78, 5) is 35.1. The van der Waals surface area contributed by atoms with Crippen molar-refractivity contribution in [1.82, 2.24) is 0 Å². The molecule has 1 heterocycles. The first-order valence-electron chi connectivity index (χ1n) is 5.95. The molecule has 0 spiro atoms. The normalized spacial score (nSPS) is 10.0. The van der Waals surface area contributed by atoms with E-state index in [2.05, 4.69) is 4.74 Å². The molecule has 1 rings (SSSR count). The Bertz CT molecular complexity index is 463. The van der Waals surface area contributed by atoms with Crippen LogP contribution in [0.3, 0.4) is 0 Å². The van der Waals surface area contributed by atoms with E-state index in [0.717, 1.165) is 11.3 Å². The van der Waals surface area contributed by atoms with Crippen LogP contribution >= 0.6 is 11.3 Å². The SMILES string of the molecule is CCOC(=O)c1ccc(C(=O)CCCC(=O)OC)s1. The highest BCUT2D eigenvalue weighted by Gasteiger charge is 2.14. The highest BCUT2D eigenvalue weighted by molar-refractivity contribution is 7.15. The third-order valence-electron chi connectivity index (χ3n) is 2.37. The fourth-order valence-corrected chi connectivity index (χ4v) is 2.29. The van der Waals surface area contributed by atoms with Gasteiger partial charge in [0.2, 0.25) is 0 Å².